The Kier molecular flexibility index (Phi) is 6.42. The van der Waals surface area contributed by atoms with Crippen molar-refractivity contribution >= 4 is 40.3 Å². The maximum atomic E-state index is 12.3. The maximum Gasteiger partial charge on any atom is 0.266 e. The highest BCUT2D eigenvalue weighted by Crippen LogP contribution is 2.32. The van der Waals surface area contributed by atoms with E-state index in [9.17, 15) is 4.79 Å². The molecule has 4 nitrogen and oxygen atoms in total. The van der Waals surface area contributed by atoms with Crippen LogP contribution in [0.4, 0.5) is 0 Å². The minimum absolute atomic E-state index is 0.0101. The molecule has 2 rings (SSSR count). The number of aliphatic hydroxyl groups excluding tert-OH is 1. The number of thiocarbonyl (C=S) groups is 1. The van der Waals surface area contributed by atoms with E-state index in [-0.39, 0.29) is 19.1 Å². The maximum absolute atomic E-state index is 12.3. The zero-order chi connectivity index (χ0) is 15.9. The number of carbonyl (C=O) groups is 1. The average molecular weight is 337 g/mol. The van der Waals surface area contributed by atoms with Gasteiger partial charge in [0.2, 0.25) is 0 Å². The minimum atomic E-state index is -0.0119. The second kappa shape index (κ2) is 8.31. The highest BCUT2D eigenvalue weighted by Gasteiger charge is 2.31. The van der Waals surface area contributed by atoms with E-state index >= 15 is 0 Å². The molecule has 0 aliphatic carbocycles. The molecule has 0 atom stereocenters. The molecule has 1 aliphatic rings. The lowest BCUT2D eigenvalue weighted by molar-refractivity contribution is -0.122. The summed E-state index contributed by atoms with van der Waals surface area (Å²) in [6.07, 6.45) is 3.84. The second-order valence-corrected chi connectivity index (χ2v) is 6.50. The van der Waals surface area contributed by atoms with Gasteiger partial charge in [-0.15, -0.1) is 0 Å². The Morgan fingerprint density at radius 2 is 2.09 bits per heavy atom. The van der Waals surface area contributed by atoms with Gasteiger partial charge in [-0.1, -0.05) is 49.5 Å². The number of benzene rings is 1. The molecule has 1 amide bonds. The molecule has 0 radical (unpaired) electrons. The number of hydrogen-bond acceptors (Lipinski definition) is 5. The number of amides is 1. The number of rotatable bonds is 7. The summed E-state index contributed by atoms with van der Waals surface area (Å²) in [7, 11) is 0. The largest absolute Gasteiger partial charge is 0.491 e. The number of nitrogens with zero attached hydrogens (tertiary/aromatic N) is 1. The SMILES string of the molecule is CCCCN1C(=O)/C(=C/c2ccc(OCCO)cc2)SC1=S. The molecule has 1 aromatic carbocycles. The molecule has 0 spiro atoms. The Labute approximate surface area is 140 Å². The van der Waals surface area contributed by atoms with Gasteiger partial charge in [0.25, 0.3) is 5.91 Å². The van der Waals surface area contributed by atoms with E-state index in [1.54, 1.807) is 4.90 Å². The molecular formula is C16H19NO3S2. The molecule has 1 aromatic rings. The topological polar surface area (TPSA) is 49.8 Å². The first-order valence-electron chi connectivity index (χ1n) is 7.24. The van der Waals surface area contributed by atoms with Crippen molar-refractivity contribution in [1.82, 2.24) is 4.90 Å². The van der Waals surface area contributed by atoms with Crippen LogP contribution in [-0.2, 0) is 4.79 Å². The quantitative estimate of drug-likeness (QED) is 0.612. The number of aliphatic hydroxyl groups is 1. The molecular weight excluding hydrogens is 318 g/mol. The van der Waals surface area contributed by atoms with Crippen molar-refractivity contribution < 1.29 is 14.6 Å². The van der Waals surface area contributed by atoms with Gasteiger partial charge in [-0.05, 0) is 30.2 Å². The molecule has 118 valence electrons. The second-order valence-electron chi connectivity index (χ2n) is 4.83. The van der Waals surface area contributed by atoms with Crippen molar-refractivity contribution in [3.63, 3.8) is 0 Å². The fourth-order valence-corrected chi connectivity index (χ4v) is 3.29. The molecule has 22 heavy (non-hydrogen) atoms. The van der Waals surface area contributed by atoms with E-state index in [0.717, 1.165) is 18.4 Å². The van der Waals surface area contributed by atoms with Crippen LogP contribution in [0.5, 0.6) is 5.75 Å². The number of carbonyl (C=O) groups excluding carboxylic acids is 1. The number of unbranched alkanes of at least 4 members (excludes halogenated alkanes) is 1. The summed E-state index contributed by atoms with van der Waals surface area (Å²) in [5.74, 6) is 0.686. The Balaban J connectivity index is 2.06. The lowest BCUT2D eigenvalue weighted by Crippen LogP contribution is -2.28. The highest BCUT2D eigenvalue weighted by molar-refractivity contribution is 8.26. The lowest BCUT2D eigenvalue weighted by Gasteiger charge is -2.13. The molecule has 6 heteroatoms. The van der Waals surface area contributed by atoms with Gasteiger partial charge in [-0.2, -0.15) is 0 Å². The predicted octanol–water partition coefficient (Wildman–Crippen LogP) is 3.06. The lowest BCUT2D eigenvalue weighted by atomic mass is 10.2. The molecule has 1 aliphatic heterocycles. The van der Waals surface area contributed by atoms with Crippen molar-refractivity contribution in [2.45, 2.75) is 19.8 Å². The summed E-state index contributed by atoms with van der Waals surface area (Å²) in [6.45, 7) is 3.04. The van der Waals surface area contributed by atoms with Crippen LogP contribution in [0.15, 0.2) is 29.2 Å². The van der Waals surface area contributed by atoms with E-state index in [0.29, 0.717) is 21.5 Å². The number of hydrogen-bond donors (Lipinski definition) is 1. The number of ether oxygens (including phenoxy) is 1. The first kappa shape index (κ1) is 17.0. The van der Waals surface area contributed by atoms with Crippen LogP contribution in [-0.4, -0.2) is 40.0 Å². The van der Waals surface area contributed by atoms with Gasteiger partial charge >= 0.3 is 0 Å². The number of thioether (sulfide) groups is 1. The Morgan fingerprint density at radius 3 is 2.73 bits per heavy atom. The van der Waals surface area contributed by atoms with Crippen LogP contribution in [0.2, 0.25) is 0 Å². The van der Waals surface area contributed by atoms with Crippen LogP contribution in [0.1, 0.15) is 25.3 Å². The fourth-order valence-electron chi connectivity index (χ4n) is 1.98. The van der Waals surface area contributed by atoms with Crippen molar-refractivity contribution in [3.05, 3.63) is 34.7 Å². The van der Waals surface area contributed by atoms with Gasteiger partial charge in [0.05, 0.1) is 11.5 Å². The van der Waals surface area contributed by atoms with Gasteiger partial charge in [-0.3, -0.25) is 9.69 Å². The fraction of sp³-hybridized carbons (Fsp3) is 0.375. The average Bonchev–Trinajstić information content (AvgIpc) is 2.79. The van der Waals surface area contributed by atoms with E-state index in [4.69, 9.17) is 22.1 Å². The molecule has 1 heterocycles. The summed E-state index contributed by atoms with van der Waals surface area (Å²) < 4.78 is 5.94. The third-order valence-corrected chi connectivity index (χ3v) is 4.52. The molecule has 0 aromatic heterocycles. The van der Waals surface area contributed by atoms with Crippen molar-refractivity contribution in [1.29, 1.82) is 0 Å². The van der Waals surface area contributed by atoms with Crippen molar-refractivity contribution in [2.75, 3.05) is 19.8 Å². The van der Waals surface area contributed by atoms with Crippen LogP contribution in [0, 0.1) is 0 Å². The summed E-state index contributed by atoms with van der Waals surface area (Å²) in [4.78, 5) is 14.7. The first-order valence-corrected chi connectivity index (χ1v) is 8.47. The van der Waals surface area contributed by atoms with E-state index in [2.05, 4.69) is 6.92 Å². The molecule has 0 bridgehead atoms. The van der Waals surface area contributed by atoms with Crippen LogP contribution < -0.4 is 4.74 Å². The Morgan fingerprint density at radius 1 is 1.36 bits per heavy atom. The smallest absolute Gasteiger partial charge is 0.266 e. The first-order chi connectivity index (χ1) is 10.7. The van der Waals surface area contributed by atoms with E-state index in [1.807, 2.05) is 30.3 Å². The Bertz CT molecular complexity index is 569. The predicted molar refractivity (Wildman–Crippen MR) is 93.8 cm³/mol. The third-order valence-electron chi connectivity index (χ3n) is 3.15. The summed E-state index contributed by atoms with van der Waals surface area (Å²) in [6, 6.07) is 7.40. The van der Waals surface area contributed by atoms with E-state index < -0.39 is 0 Å². The van der Waals surface area contributed by atoms with Gasteiger partial charge < -0.3 is 9.84 Å². The minimum Gasteiger partial charge on any atom is -0.491 e. The summed E-state index contributed by atoms with van der Waals surface area (Å²) in [5.41, 5.74) is 0.923. The van der Waals surface area contributed by atoms with Gasteiger partial charge in [0.1, 0.15) is 16.7 Å². The normalized spacial score (nSPS) is 16.6. The van der Waals surface area contributed by atoms with Crippen molar-refractivity contribution in [3.8, 4) is 5.75 Å². The van der Waals surface area contributed by atoms with Gasteiger partial charge in [0.15, 0.2) is 0 Å². The molecule has 1 N–H and O–H groups in total. The molecule has 1 saturated heterocycles. The highest BCUT2D eigenvalue weighted by atomic mass is 32.2. The zero-order valence-electron chi connectivity index (χ0n) is 12.4. The van der Waals surface area contributed by atoms with Gasteiger partial charge in [0, 0.05) is 6.54 Å². The zero-order valence-corrected chi connectivity index (χ0v) is 14.1. The molecule has 0 unspecified atom stereocenters. The molecule has 0 saturated carbocycles. The molecule has 1 fully saturated rings. The van der Waals surface area contributed by atoms with E-state index in [1.165, 1.54) is 11.8 Å². The van der Waals surface area contributed by atoms with Crippen LogP contribution in [0.3, 0.4) is 0 Å². The van der Waals surface area contributed by atoms with Crippen LogP contribution >= 0.6 is 24.0 Å². The Hall–Kier alpha value is -1.37. The standard InChI is InChI=1S/C16H19NO3S2/c1-2-3-8-17-15(19)14(22-16(17)21)11-12-4-6-13(7-5-12)20-10-9-18/h4-7,11,18H,2-3,8-10H2,1H3/b14-11-. The summed E-state index contributed by atoms with van der Waals surface area (Å²) in [5, 5.41) is 8.72. The third kappa shape index (κ3) is 4.32. The monoisotopic (exact) mass is 337 g/mol. The van der Waals surface area contributed by atoms with Gasteiger partial charge in [-0.25, -0.2) is 0 Å². The summed E-state index contributed by atoms with van der Waals surface area (Å²) >= 11 is 6.63. The van der Waals surface area contributed by atoms with Crippen LogP contribution in [0.25, 0.3) is 6.08 Å². The van der Waals surface area contributed by atoms with Crippen molar-refractivity contribution in [2.24, 2.45) is 0 Å².